The maximum absolute atomic E-state index is 12.6. The van der Waals surface area contributed by atoms with E-state index in [9.17, 15) is 8.42 Å². The molecular formula is C27H33N3O2S. The molecule has 3 N–H and O–H groups in total. The first kappa shape index (κ1) is 23.6. The van der Waals surface area contributed by atoms with E-state index < -0.39 is 10.0 Å². The zero-order valence-electron chi connectivity index (χ0n) is 19.3. The predicted octanol–water partition coefficient (Wildman–Crippen LogP) is 4.20. The smallest absolute Gasteiger partial charge is 0.238 e. The minimum atomic E-state index is -3.89. The Morgan fingerprint density at radius 2 is 1.64 bits per heavy atom. The van der Waals surface area contributed by atoms with E-state index in [-0.39, 0.29) is 16.9 Å². The summed E-state index contributed by atoms with van der Waals surface area (Å²) in [5.41, 5.74) is 3.90. The molecule has 0 radical (unpaired) electrons. The lowest BCUT2D eigenvalue weighted by atomic mass is 9.81. The predicted molar refractivity (Wildman–Crippen MR) is 134 cm³/mol. The average Bonchev–Trinajstić information content (AvgIpc) is 3.21. The van der Waals surface area contributed by atoms with Crippen molar-refractivity contribution in [3.63, 3.8) is 0 Å². The van der Waals surface area contributed by atoms with Crippen LogP contribution in [0.25, 0.3) is 0 Å². The third kappa shape index (κ3) is 5.53. The van der Waals surface area contributed by atoms with Gasteiger partial charge in [0.25, 0.3) is 0 Å². The Bertz CT molecular complexity index is 1170. The molecule has 6 heteroatoms. The van der Waals surface area contributed by atoms with E-state index in [1.54, 1.807) is 6.07 Å². The Morgan fingerprint density at radius 3 is 2.21 bits per heavy atom. The van der Waals surface area contributed by atoms with Crippen molar-refractivity contribution in [1.29, 1.82) is 0 Å². The summed E-state index contributed by atoms with van der Waals surface area (Å²) < 4.78 is 25.2. The molecule has 0 aliphatic carbocycles. The number of hydrogen-bond donors (Lipinski definition) is 2. The number of nitrogens with zero attached hydrogens (tertiary/aromatic N) is 1. The van der Waals surface area contributed by atoms with Crippen LogP contribution in [0.15, 0.2) is 83.8 Å². The highest BCUT2D eigenvalue weighted by molar-refractivity contribution is 7.89. The Hall–Kier alpha value is -2.51. The molecule has 174 valence electrons. The number of rotatable bonds is 8. The number of aryl methyl sites for hydroxylation is 1. The van der Waals surface area contributed by atoms with E-state index in [0.29, 0.717) is 6.04 Å². The Morgan fingerprint density at radius 1 is 1.00 bits per heavy atom. The van der Waals surface area contributed by atoms with Gasteiger partial charge in [-0.1, -0.05) is 78.4 Å². The van der Waals surface area contributed by atoms with Gasteiger partial charge in [0, 0.05) is 24.5 Å². The maximum atomic E-state index is 12.6. The Kier molecular flexibility index (Phi) is 7.29. The highest BCUT2D eigenvalue weighted by Gasteiger charge is 2.32. The lowest BCUT2D eigenvalue weighted by molar-refractivity contribution is 0.287. The molecular weight excluding hydrogens is 430 g/mol. The second kappa shape index (κ2) is 10.2. The number of benzene rings is 3. The van der Waals surface area contributed by atoms with Crippen LogP contribution in [0, 0.1) is 6.92 Å². The van der Waals surface area contributed by atoms with E-state index in [4.69, 9.17) is 5.14 Å². The number of likely N-dealkylation sites (tertiary alicyclic amines) is 1. The first-order valence-corrected chi connectivity index (χ1v) is 13.1. The molecule has 3 aromatic rings. The molecule has 0 unspecified atom stereocenters. The van der Waals surface area contributed by atoms with E-state index in [1.807, 2.05) is 55.5 Å². The van der Waals surface area contributed by atoms with Crippen molar-refractivity contribution >= 4 is 10.0 Å². The van der Waals surface area contributed by atoms with E-state index in [0.717, 1.165) is 41.8 Å². The number of likely N-dealkylation sites (N-methyl/N-ethyl adjacent to an activating group) is 1. The molecule has 1 aliphatic rings. The first-order valence-electron chi connectivity index (χ1n) is 11.5. The minimum Gasteiger partial charge on any atom is -0.308 e. The van der Waals surface area contributed by atoms with Crippen LogP contribution in [-0.2, 0) is 10.0 Å². The van der Waals surface area contributed by atoms with Crippen molar-refractivity contribution in [2.45, 2.75) is 42.7 Å². The number of nitrogens with two attached hydrogens (primary N) is 1. The van der Waals surface area contributed by atoms with Crippen LogP contribution in [0.1, 0.15) is 47.1 Å². The number of nitrogens with one attached hydrogen (secondary N) is 1. The highest BCUT2D eigenvalue weighted by Crippen LogP contribution is 2.40. The van der Waals surface area contributed by atoms with Gasteiger partial charge in [-0.3, -0.25) is 0 Å². The van der Waals surface area contributed by atoms with Crippen molar-refractivity contribution < 1.29 is 8.42 Å². The van der Waals surface area contributed by atoms with Crippen molar-refractivity contribution in [3.05, 3.63) is 101 Å². The molecule has 3 atom stereocenters. The standard InChI is InChI=1S/C27H33N3O2S/c1-20-15-16-25(33(28,31)32)24(18-20)26(21-10-5-3-6-11-21)27(22-12-7-4-8-13-22)29-19-23-14-9-17-30(23)2/h3-8,10-13,15-16,18,23,26-27,29H,9,14,17,19H2,1-2H3,(H2,28,31,32)/t23-,26+,27-/m0/s1. The number of hydrogen-bond acceptors (Lipinski definition) is 4. The van der Waals surface area contributed by atoms with Gasteiger partial charge < -0.3 is 10.2 Å². The summed E-state index contributed by atoms with van der Waals surface area (Å²) in [4.78, 5) is 2.58. The SMILES string of the molecule is Cc1ccc(S(N)(=O)=O)c([C@@H](c2ccccc2)[C@@H](NC[C@@H]2CCCN2C)c2ccccc2)c1. The van der Waals surface area contributed by atoms with Crippen molar-refractivity contribution in [1.82, 2.24) is 10.2 Å². The van der Waals surface area contributed by atoms with Gasteiger partial charge in [0.05, 0.1) is 4.90 Å². The topological polar surface area (TPSA) is 75.4 Å². The van der Waals surface area contributed by atoms with Gasteiger partial charge in [-0.2, -0.15) is 0 Å². The summed E-state index contributed by atoms with van der Waals surface area (Å²) in [6.45, 7) is 3.92. The molecule has 1 fully saturated rings. The third-order valence-electron chi connectivity index (χ3n) is 6.70. The van der Waals surface area contributed by atoms with Crippen LogP contribution >= 0.6 is 0 Å². The fourth-order valence-corrected chi connectivity index (χ4v) is 5.74. The first-order chi connectivity index (χ1) is 15.8. The number of primary sulfonamides is 1. The van der Waals surface area contributed by atoms with E-state index >= 15 is 0 Å². The zero-order chi connectivity index (χ0) is 23.4. The summed E-state index contributed by atoms with van der Waals surface area (Å²) >= 11 is 0. The molecule has 0 amide bonds. The molecule has 0 spiro atoms. The van der Waals surface area contributed by atoms with E-state index in [2.05, 4.69) is 41.5 Å². The van der Waals surface area contributed by atoms with Gasteiger partial charge in [0.15, 0.2) is 0 Å². The summed E-state index contributed by atoms with van der Waals surface area (Å²) in [5, 5.41) is 9.53. The zero-order valence-corrected chi connectivity index (χ0v) is 20.1. The Labute approximate surface area is 197 Å². The summed E-state index contributed by atoms with van der Waals surface area (Å²) in [5.74, 6) is -0.228. The fraction of sp³-hybridized carbons (Fsp3) is 0.333. The Balaban J connectivity index is 1.86. The van der Waals surface area contributed by atoms with Crippen molar-refractivity contribution in [2.24, 2.45) is 5.14 Å². The maximum Gasteiger partial charge on any atom is 0.238 e. The molecule has 1 heterocycles. The molecule has 0 aromatic heterocycles. The second-order valence-corrected chi connectivity index (χ2v) is 10.6. The van der Waals surface area contributed by atoms with Crippen molar-refractivity contribution in [2.75, 3.05) is 20.1 Å². The van der Waals surface area contributed by atoms with Gasteiger partial charge in [-0.15, -0.1) is 0 Å². The van der Waals surface area contributed by atoms with Gasteiger partial charge in [0.2, 0.25) is 10.0 Å². The normalized spacial score (nSPS) is 18.8. The third-order valence-corrected chi connectivity index (χ3v) is 7.69. The average molecular weight is 464 g/mol. The van der Waals surface area contributed by atoms with Crippen molar-refractivity contribution in [3.8, 4) is 0 Å². The van der Waals surface area contributed by atoms with Gasteiger partial charge >= 0.3 is 0 Å². The molecule has 4 rings (SSSR count). The summed E-state index contributed by atoms with van der Waals surface area (Å²) in [6.07, 6.45) is 2.36. The van der Waals surface area contributed by atoms with Gasteiger partial charge in [0.1, 0.15) is 0 Å². The minimum absolute atomic E-state index is 0.120. The summed E-state index contributed by atoms with van der Waals surface area (Å²) in [7, 11) is -1.72. The molecule has 3 aromatic carbocycles. The van der Waals surface area contributed by atoms with E-state index in [1.165, 1.54) is 6.42 Å². The van der Waals surface area contributed by atoms with Crippen LogP contribution < -0.4 is 10.5 Å². The molecule has 33 heavy (non-hydrogen) atoms. The number of sulfonamides is 1. The molecule has 0 bridgehead atoms. The monoisotopic (exact) mass is 463 g/mol. The highest BCUT2D eigenvalue weighted by atomic mass is 32.2. The van der Waals surface area contributed by atoms with Crippen LogP contribution in [0.5, 0.6) is 0 Å². The molecule has 1 saturated heterocycles. The van der Waals surface area contributed by atoms with Gasteiger partial charge in [-0.05, 0) is 56.1 Å². The molecule has 5 nitrogen and oxygen atoms in total. The van der Waals surface area contributed by atoms with Crippen LogP contribution in [-0.4, -0.2) is 39.5 Å². The molecule has 1 aliphatic heterocycles. The quantitative estimate of drug-likeness (QED) is 0.525. The lowest BCUT2D eigenvalue weighted by Gasteiger charge is -2.33. The van der Waals surface area contributed by atoms with Crippen LogP contribution in [0.3, 0.4) is 0 Å². The van der Waals surface area contributed by atoms with Crippen LogP contribution in [0.2, 0.25) is 0 Å². The fourth-order valence-electron chi connectivity index (χ4n) is 4.97. The van der Waals surface area contributed by atoms with Gasteiger partial charge in [-0.25, -0.2) is 13.6 Å². The lowest BCUT2D eigenvalue weighted by Crippen LogP contribution is -2.39. The molecule has 0 saturated carbocycles. The summed E-state index contributed by atoms with van der Waals surface area (Å²) in [6, 6.07) is 26.2. The van der Waals surface area contributed by atoms with Crippen LogP contribution in [0.4, 0.5) is 0 Å². The largest absolute Gasteiger partial charge is 0.308 e. The second-order valence-electron chi connectivity index (χ2n) is 9.05.